The van der Waals surface area contributed by atoms with Crippen molar-refractivity contribution in [2.24, 2.45) is 0 Å². The minimum atomic E-state index is 0.396. The minimum absolute atomic E-state index is 0.396. The molecule has 0 aliphatic heterocycles. The van der Waals surface area contributed by atoms with E-state index in [4.69, 9.17) is 22.1 Å². The third kappa shape index (κ3) is 2.90. The van der Waals surface area contributed by atoms with E-state index in [-0.39, 0.29) is 0 Å². The van der Waals surface area contributed by atoms with E-state index in [1.165, 1.54) is 0 Å². The van der Waals surface area contributed by atoms with Crippen molar-refractivity contribution < 1.29 is 4.74 Å². The summed E-state index contributed by atoms with van der Waals surface area (Å²) >= 11 is 6.15. The highest BCUT2D eigenvalue weighted by atomic mass is 35.5. The van der Waals surface area contributed by atoms with Gasteiger partial charge in [0.2, 0.25) is 0 Å². The maximum absolute atomic E-state index is 6.15. The second-order valence-electron chi connectivity index (χ2n) is 3.84. The Labute approximate surface area is 111 Å². The molecule has 94 valence electrons. The molecule has 4 nitrogen and oxygen atoms in total. The monoisotopic (exact) mass is 263 g/mol. The number of hydrogen-bond acceptors (Lipinski definition) is 4. The van der Waals surface area contributed by atoms with Gasteiger partial charge in [-0.25, -0.2) is 0 Å². The van der Waals surface area contributed by atoms with Crippen molar-refractivity contribution in [1.82, 2.24) is 10.2 Å². The molecule has 0 unspecified atom stereocenters. The molecule has 0 fully saturated rings. The van der Waals surface area contributed by atoms with Gasteiger partial charge in [0, 0.05) is 5.56 Å². The predicted molar refractivity (Wildman–Crippen MR) is 72.7 cm³/mol. The molecule has 2 aromatic rings. The molecule has 0 radical (unpaired) electrons. The van der Waals surface area contributed by atoms with Gasteiger partial charge in [0.05, 0.1) is 17.3 Å². The molecule has 2 N–H and O–H groups in total. The first kappa shape index (κ1) is 12.6. The fraction of sp³-hybridized carbons (Fsp3) is 0.231. The van der Waals surface area contributed by atoms with Crippen molar-refractivity contribution in [2.45, 2.75) is 13.3 Å². The van der Waals surface area contributed by atoms with Gasteiger partial charge in [-0.1, -0.05) is 18.5 Å². The van der Waals surface area contributed by atoms with Gasteiger partial charge in [-0.3, -0.25) is 0 Å². The number of ether oxygens (including phenoxy) is 1. The molecule has 0 bridgehead atoms. The number of hydrogen-bond donors (Lipinski definition) is 1. The van der Waals surface area contributed by atoms with Crippen molar-refractivity contribution in [3.8, 4) is 17.0 Å². The van der Waals surface area contributed by atoms with Gasteiger partial charge < -0.3 is 10.5 Å². The highest BCUT2D eigenvalue weighted by Gasteiger charge is 2.06. The molecular weight excluding hydrogens is 250 g/mol. The molecule has 5 heteroatoms. The van der Waals surface area contributed by atoms with Gasteiger partial charge in [0.25, 0.3) is 0 Å². The molecule has 0 aliphatic rings. The molecule has 0 spiro atoms. The van der Waals surface area contributed by atoms with E-state index in [2.05, 4.69) is 10.2 Å². The van der Waals surface area contributed by atoms with E-state index >= 15 is 0 Å². The van der Waals surface area contributed by atoms with Gasteiger partial charge in [-0.2, -0.15) is 0 Å². The first-order valence-corrected chi connectivity index (χ1v) is 6.10. The zero-order valence-corrected chi connectivity index (χ0v) is 10.8. The molecule has 0 amide bonds. The van der Waals surface area contributed by atoms with E-state index < -0.39 is 0 Å². The van der Waals surface area contributed by atoms with Crippen LogP contribution in [0.5, 0.6) is 5.75 Å². The number of benzene rings is 1. The summed E-state index contributed by atoms with van der Waals surface area (Å²) in [5.74, 6) is 1.08. The van der Waals surface area contributed by atoms with Crippen LogP contribution in [0.1, 0.15) is 13.3 Å². The molecule has 2 rings (SSSR count). The summed E-state index contributed by atoms with van der Waals surface area (Å²) in [6.07, 6.45) is 0.946. The lowest BCUT2D eigenvalue weighted by Gasteiger charge is -2.08. The fourth-order valence-electron chi connectivity index (χ4n) is 1.49. The first-order valence-electron chi connectivity index (χ1n) is 5.72. The van der Waals surface area contributed by atoms with E-state index in [0.717, 1.165) is 17.7 Å². The Bertz CT molecular complexity index is 528. The normalized spacial score (nSPS) is 10.3. The van der Waals surface area contributed by atoms with Crippen molar-refractivity contribution in [2.75, 3.05) is 12.3 Å². The molecule has 1 heterocycles. The van der Waals surface area contributed by atoms with Crippen molar-refractivity contribution >= 4 is 17.4 Å². The molecular formula is C13H14ClN3O. The summed E-state index contributed by atoms with van der Waals surface area (Å²) < 4.78 is 5.51. The van der Waals surface area contributed by atoms with Crippen molar-refractivity contribution in [3.05, 3.63) is 35.4 Å². The Balaban J connectivity index is 2.25. The van der Waals surface area contributed by atoms with Crippen LogP contribution in [0.4, 0.5) is 5.82 Å². The van der Waals surface area contributed by atoms with Crippen molar-refractivity contribution in [3.63, 3.8) is 0 Å². The maximum Gasteiger partial charge on any atom is 0.146 e. The van der Waals surface area contributed by atoms with Crippen LogP contribution >= 0.6 is 11.6 Å². The third-order valence-corrected chi connectivity index (χ3v) is 2.67. The van der Waals surface area contributed by atoms with Crippen LogP contribution in [0.15, 0.2) is 30.3 Å². The number of nitrogens with zero attached hydrogens (tertiary/aromatic N) is 2. The second kappa shape index (κ2) is 5.69. The summed E-state index contributed by atoms with van der Waals surface area (Å²) in [4.78, 5) is 0. The van der Waals surface area contributed by atoms with E-state index in [0.29, 0.717) is 23.2 Å². The Hall–Kier alpha value is -1.81. The Morgan fingerprint density at radius 3 is 2.67 bits per heavy atom. The topological polar surface area (TPSA) is 61.0 Å². The zero-order chi connectivity index (χ0) is 13.0. The van der Waals surface area contributed by atoms with Gasteiger partial charge in [-0.05, 0) is 36.8 Å². The Kier molecular flexibility index (Phi) is 3.99. The van der Waals surface area contributed by atoms with Crippen LogP contribution in [-0.2, 0) is 0 Å². The second-order valence-corrected chi connectivity index (χ2v) is 4.24. The highest BCUT2D eigenvalue weighted by Crippen LogP contribution is 2.29. The number of nitrogens with two attached hydrogens (primary N) is 1. The molecule has 1 aromatic carbocycles. The SMILES string of the molecule is CCCOc1ccc(-c2ccc(N)nn2)cc1Cl. The van der Waals surface area contributed by atoms with Crippen LogP contribution in [-0.4, -0.2) is 16.8 Å². The lowest BCUT2D eigenvalue weighted by atomic mass is 10.1. The average molecular weight is 264 g/mol. The average Bonchev–Trinajstić information content (AvgIpc) is 2.38. The van der Waals surface area contributed by atoms with E-state index in [1.54, 1.807) is 12.1 Å². The van der Waals surface area contributed by atoms with Crippen LogP contribution < -0.4 is 10.5 Å². The molecule has 0 atom stereocenters. The molecule has 0 saturated heterocycles. The maximum atomic E-state index is 6.15. The van der Waals surface area contributed by atoms with Gasteiger partial charge in [-0.15, -0.1) is 10.2 Å². The van der Waals surface area contributed by atoms with Crippen LogP contribution in [0.3, 0.4) is 0 Å². The van der Waals surface area contributed by atoms with Gasteiger partial charge >= 0.3 is 0 Å². The summed E-state index contributed by atoms with van der Waals surface area (Å²) in [5.41, 5.74) is 7.11. The Morgan fingerprint density at radius 2 is 2.06 bits per heavy atom. The fourth-order valence-corrected chi connectivity index (χ4v) is 1.72. The van der Waals surface area contributed by atoms with E-state index in [9.17, 15) is 0 Å². The number of rotatable bonds is 4. The van der Waals surface area contributed by atoms with Gasteiger partial charge in [0.15, 0.2) is 0 Å². The minimum Gasteiger partial charge on any atom is -0.492 e. The molecule has 0 aliphatic carbocycles. The molecule has 0 saturated carbocycles. The summed E-state index contributed by atoms with van der Waals surface area (Å²) in [5, 5.41) is 8.39. The Morgan fingerprint density at radius 1 is 1.22 bits per heavy atom. The molecule has 1 aromatic heterocycles. The standard InChI is InChI=1S/C13H14ClN3O/c1-2-7-18-12-5-3-9(8-10(12)14)11-4-6-13(15)17-16-11/h3-6,8H,2,7H2,1H3,(H2,15,17). The summed E-state index contributed by atoms with van der Waals surface area (Å²) in [6.45, 7) is 2.70. The third-order valence-electron chi connectivity index (χ3n) is 2.37. The van der Waals surface area contributed by atoms with Crippen LogP contribution in [0, 0.1) is 0 Å². The lowest BCUT2D eigenvalue weighted by molar-refractivity contribution is 0.317. The largest absolute Gasteiger partial charge is 0.492 e. The lowest BCUT2D eigenvalue weighted by Crippen LogP contribution is -1.96. The van der Waals surface area contributed by atoms with Gasteiger partial charge in [0.1, 0.15) is 11.6 Å². The first-order chi connectivity index (χ1) is 8.70. The van der Waals surface area contributed by atoms with Crippen molar-refractivity contribution in [1.29, 1.82) is 0 Å². The van der Waals surface area contributed by atoms with E-state index in [1.807, 2.05) is 25.1 Å². The number of anilines is 1. The number of aromatic nitrogens is 2. The predicted octanol–water partition coefficient (Wildman–Crippen LogP) is 3.17. The molecule has 18 heavy (non-hydrogen) atoms. The number of nitrogen functional groups attached to an aromatic ring is 1. The highest BCUT2D eigenvalue weighted by molar-refractivity contribution is 6.32. The summed E-state index contributed by atoms with van der Waals surface area (Å²) in [6, 6.07) is 9.06. The smallest absolute Gasteiger partial charge is 0.146 e. The zero-order valence-electron chi connectivity index (χ0n) is 10.1. The van der Waals surface area contributed by atoms with Crippen LogP contribution in [0.25, 0.3) is 11.3 Å². The summed E-state index contributed by atoms with van der Waals surface area (Å²) in [7, 11) is 0. The quantitative estimate of drug-likeness (QED) is 0.920. The number of halogens is 1. The van der Waals surface area contributed by atoms with Crippen LogP contribution in [0.2, 0.25) is 5.02 Å².